The van der Waals surface area contributed by atoms with Gasteiger partial charge in [0.2, 0.25) is 0 Å². The van der Waals surface area contributed by atoms with Crippen LogP contribution in [0, 0.1) is 0 Å². The lowest BCUT2D eigenvalue weighted by Crippen LogP contribution is -1.95. The van der Waals surface area contributed by atoms with Crippen molar-refractivity contribution in [2.45, 2.75) is 0 Å². The maximum atomic E-state index is 11.2. The zero-order valence-electron chi connectivity index (χ0n) is 11.0. The van der Waals surface area contributed by atoms with E-state index < -0.39 is 0 Å². The van der Waals surface area contributed by atoms with Crippen LogP contribution in [0.2, 0.25) is 0 Å². The summed E-state index contributed by atoms with van der Waals surface area (Å²) in [6.45, 7) is 0. The zero-order chi connectivity index (χ0) is 13.9. The number of hydrogen-bond acceptors (Lipinski definition) is 2. The van der Waals surface area contributed by atoms with Crippen molar-refractivity contribution in [3.8, 4) is 16.9 Å². The topological polar surface area (TPSA) is 26.3 Å². The molecule has 0 unspecified atom stereocenters. The smallest absolute Gasteiger partial charge is 0.192 e. The Morgan fingerprint density at radius 3 is 2.20 bits per heavy atom. The normalized spacial score (nSPS) is 10.8. The summed E-state index contributed by atoms with van der Waals surface area (Å²) in [6.07, 6.45) is 0. The minimum atomic E-state index is 0.0520. The largest absolute Gasteiger partial charge is 0.497 e. The van der Waals surface area contributed by atoms with E-state index in [4.69, 9.17) is 4.74 Å². The van der Waals surface area contributed by atoms with Crippen molar-refractivity contribution in [2.24, 2.45) is 0 Å². The summed E-state index contributed by atoms with van der Waals surface area (Å²) in [4.78, 5) is 0. The first-order valence-electron chi connectivity index (χ1n) is 6.33. The molecule has 0 aliphatic carbocycles. The van der Waals surface area contributed by atoms with Crippen LogP contribution in [0.5, 0.6) is 5.75 Å². The highest BCUT2D eigenvalue weighted by Crippen LogP contribution is 2.30. The van der Waals surface area contributed by atoms with Crippen molar-refractivity contribution in [1.29, 1.82) is 0 Å². The molecule has 98 valence electrons. The summed E-state index contributed by atoms with van der Waals surface area (Å²) in [5, 5.41) is 2.95. The molecule has 20 heavy (non-hydrogen) atoms. The first-order chi connectivity index (χ1) is 9.83. The summed E-state index contributed by atoms with van der Waals surface area (Å²) in [5.74, 6) is 0.841. The summed E-state index contributed by atoms with van der Waals surface area (Å²) in [7, 11) is 1.71. The second-order valence-electron chi connectivity index (χ2n) is 4.50. The SMILES string of the molecule is COc1ccc(-c2ccc(P=O)c3ccccc23)cc1. The fourth-order valence-corrected chi connectivity index (χ4v) is 2.81. The number of methoxy groups -OCH3 is 1. The average molecular weight is 280 g/mol. The number of rotatable bonds is 3. The molecule has 0 amide bonds. The van der Waals surface area contributed by atoms with Crippen molar-refractivity contribution in [3.63, 3.8) is 0 Å². The summed E-state index contributed by atoms with van der Waals surface area (Å²) in [5.41, 5.74) is 2.26. The monoisotopic (exact) mass is 280 g/mol. The molecule has 0 bridgehead atoms. The highest BCUT2D eigenvalue weighted by molar-refractivity contribution is 7.34. The summed E-state index contributed by atoms with van der Waals surface area (Å²) < 4.78 is 16.4. The van der Waals surface area contributed by atoms with Crippen molar-refractivity contribution < 1.29 is 9.30 Å². The van der Waals surface area contributed by atoms with Gasteiger partial charge in [0.1, 0.15) is 5.75 Å². The molecule has 3 heteroatoms. The molecule has 0 fully saturated rings. The molecule has 3 aromatic carbocycles. The molecule has 0 aliphatic heterocycles. The average Bonchev–Trinajstić information content (AvgIpc) is 2.54. The first kappa shape index (κ1) is 12.8. The van der Waals surface area contributed by atoms with E-state index in [0.717, 1.165) is 33.0 Å². The van der Waals surface area contributed by atoms with E-state index >= 15 is 0 Å². The van der Waals surface area contributed by atoms with Crippen LogP contribution in [-0.4, -0.2) is 7.11 Å². The van der Waals surface area contributed by atoms with E-state index in [9.17, 15) is 4.57 Å². The van der Waals surface area contributed by atoms with Gasteiger partial charge in [0.15, 0.2) is 8.46 Å². The number of benzene rings is 3. The van der Waals surface area contributed by atoms with E-state index in [1.54, 1.807) is 7.11 Å². The Morgan fingerprint density at radius 1 is 0.850 bits per heavy atom. The van der Waals surface area contributed by atoms with Gasteiger partial charge in [-0.3, -0.25) is 4.57 Å². The van der Waals surface area contributed by atoms with E-state index in [-0.39, 0.29) is 8.46 Å². The molecule has 2 nitrogen and oxygen atoms in total. The maximum Gasteiger partial charge on any atom is 0.192 e. The van der Waals surface area contributed by atoms with Gasteiger partial charge in [-0.2, -0.15) is 0 Å². The maximum absolute atomic E-state index is 11.2. The van der Waals surface area contributed by atoms with Crippen molar-refractivity contribution in [1.82, 2.24) is 0 Å². The Bertz CT molecular complexity index is 764. The molecule has 0 aromatic heterocycles. The number of fused-ring (bicyclic) bond motifs is 1. The Hall–Kier alpha value is -2.18. The molecular formula is C17H13O2P. The second-order valence-corrected chi connectivity index (χ2v) is 5.16. The minimum absolute atomic E-state index is 0.0520. The van der Waals surface area contributed by atoms with Gasteiger partial charge in [-0.05, 0) is 40.1 Å². The molecule has 0 aliphatic rings. The van der Waals surface area contributed by atoms with E-state index in [1.807, 2.05) is 54.6 Å². The Kier molecular flexibility index (Phi) is 3.49. The van der Waals surface area contributed by atoms with Gasteiger partial charge in [0.05, 0.1) is 12.4 Å². The van der Waals surface area contributed by atoms with Crippen molar-refractivity contribution in [3.05, 3.63) is 60.7 Å². The van der Waals surface area contributed by atoms with Gasteiger partial charge >= 0.3 is 0 Å². The van der Waals surface area contributed by atoms with E-state index in [0.29, 0.717) is 0 Å². The molecule has 0 spiro atoms. The second kappa shape index (κ2) is 5.44. The van der Waals surface area contributed by atoms with Gasteiger partial charge in [-0.15, -0.1) is 0 Å². The van der Waals surface area contributed by atoms with Crippen molar-refractivity contribution in [2.75, 3.05) is 7.11 Å². The van der Waals surface area contributed by atoms with Crippen LogP contribution in [0.3, 0.4) is 0 Å². The van der Waals surface area contributed by atoms with Gasteiger partial charge < -0.3 is 4.74 Å². The molecule has 0 N–H and O–H groups in total. The molecule has 3 aromatic rings. The first-order valence-corrected chi connectivity index (χ1v) is 7.14. The van der Waals surface area contributed by atoms with Gasteiger partial charge in [0, 0.05) is 0 Å². The Labute approximate surface area is 119 Å². The quantitative estimate of drug-likeness (QED) is 0.663. The van der Waals surface area contributed by atoms with Crippen LogP contribution in [-0.2, 0) is 4.57 Å². The molecule has 0 saturated carbocycles. The fraction of sp³-hybridized carbons (Fsp3) is 0.0588. The predicted molar refractivity (Wildman–Crippen MR) is 83.2 cm³/mol. The number of hydrogen-bond donors (Lipinski definition) is 0. The highest BCUT2D eigenvalue weighted by Gasteiger charge is 2.07. The molecule has 0 radical (unpaired) electrons. The molecule has 0 heterocycles. The van der Waals surface area contributed by atoms with E-state index in [1.165, 1.54) is 0 Å². The minimum Gasteiger partial charge on any atom is -0.497 e. The van der Waals surface area contributed by atoms with Crippen LogP contribution < -0.4 is 10.0 Å². The third-order valence-electron chi connectivity index (χ3n) is 3.40. The fourth-order valence-electron chi connectivity index (χ4n) is 2.39. The third kappa shape index (κ3) is 2.19. The zero-order valence-corrected chi connectivity index (χ0v) is 11.9. The molecule has 3 rings (SSSR count). The number of ether oxygens (including phenoxy) is 1. The van der Waals surface area contributed by atoms with Gasteiger partial charge in [-0.25, -0.2) is 0 Å². The molecular weight excluding hydrogens is 267 g/mol. The van der Waals surface area contributed by atoms with Gasteiger partial charge in [0.25, 0.3) is 0 Å². The Balaban J connectivity index is 2.23. The van der Waals surface area contributed by atoms with Crippen LogP contribution in [0.25, 0.3) is 21.9 Å². The standard InChI is InChI=1S/C17H13O2P/c1-19-13-8-6-12(7-9-13)14-10-11-17(20-18)16-5-3-2-4-15(14)16/h2-11H,1H3. The summed E-state index contributed by atoms with van der Waals surface area (Å²) in [6, 6.07) is 19.9. The summed E-state index contributed by atoms with van der Waals surface area (Å²) >= 11 is 0. The molecule has 0 atom stereocenters. The van der Waals surface area contributed by atoms with Gasteiger partial charge in [-0.1, -0.05) is 42.5 Å². The third-order valence-corrected chi connectivity index (χ3v) is 3.99. The van der Waals surface area contributed by atoms with Crippen LogP contribution in [0.15, 0.2) is 60.7 Å². The Morgan fingerprint density at radius 2 is 1.55 bits per heavy atom. The van der Waals surface area contributed by atoms with E-state index in [2.05, 4.69) is 6.07 Å². The van der Waals surface area contributed by atoms with Crippen LogP contribution in [0.1, 0.15) is 0 Å². The van der Waals surface area contributed by atoms with Crippen LogP contribution in [0.4, 0.5) is 0 Å². The predicted octanol–water partition coefficient (Wildman–Crippen LogP) is 4.43. The lowest BCUT2D eigenvalue weighted by atomic mass is 9.98. The lowest BCUT2D eigenvalue weighted by Gasteiger charge is -2.09. The van der Waals surface area contributed by atoms with Crippen LogP contribution >= 0.6 is 8.46 Å². The highest BCUT2D eigenvalue weighted by atomic mass is 31.1. The van der Waals surface area contributed by atoms with Crippen molar-refractivity contribution >= 4 is 24.5 Å². The lowest BCUT2D eigenvalue weighted by molar-refractivity contribution is 0.415. The molecule has 0 saturated heterocycles.